The maximum Gasteiger partial charge on any atom is 0.0420 e. The number of hydrogen-bond donors (Lipinski definition) is 1. The number of nitrogens with two attached hydrogens (primary N) is 1. The molecule has 0 heterocycles. The molecule has 1 spiro atoms. The Morgan fingerprint density at radius 1 is 1.07 bits per heavy atom. The summed E-state index contributed by atoms with van der Waals surface area (Å²) in [5, 5.41) is 0.790. The largest absolute Gasteiger partial charge is 0.321 e. The Hall–Kier alpha value is -0.530. The molecular formula is C12H14ClN. The van der Waals surface area contributed by atoms with Gasteiger partial charge < -0.3 is 5.73 Å². The average Bonchev–Trinajstić information content (AvgIpc) is 2.85. The van der Waals surface area contributed by atoms with Crippen LogP contribution in [0.25, 0.3) is 0 Å². The standard InChI is InChI=1S/C12H14ClN/c13-10-3-1-9(2-4-10)12(14)7-11(8-12)5-6-11/h1-4H,5-8,14H2. The molecule has 0 radical (unpaired) electrons. The summed E-state index contributed by atoms with van der Waals surface area (Å²) in [6, 6.07) is 8.00. The molecule has 1 nitrogen and oxygen atoms in total. The van der Waals surface area contributed by atoms with E-state index in [-0.39, 0.29) is 5.54 Å². The van der Waals surface area contributed by atoms with Gasteiger partial charge in [-0.15, -0.1) is 0 Å². The van der Waals surface area contributed by atoms with Gasteiger partial charge in [-0.3, -0.25) is 0 Å². The molecule has 74 valence electrons. The lowest BCUT2D eigenvalue weighted by atomic mass is 9.63. The molecule has 1 aromatic carbocycles. The van der Waals surface area contributed by atoms with E-state index in [0.29, 0.717) is 5.41 Å². The summed E-state index contributed by atoms with van der Waals surface area (Å²) in [7, 11) is 0. The fourth-order valence-corrected chi connectivity index (χ4v) is 2.93. The van der Waals surface area contributed by atoms with E-state index in [1.807, 2.05) is 12.1 Å². The van der Waals surface area contributed by atoms with Gasteiger partial charge in [0.05, 0.1) is 0 Å². The molecular weight excluding hydrogens is 194 g/mol. The van der Waals surface area contributed by atoms with Gasteiger partial charge in [0, 0.05) is 10.6 Å². The van der Waals surface area contributed by atoms with Crippen molar-refractivity contribution in [3.8, 4) is 0 Å². The van der Waals surface area contributed by atoms with Crippen molar-refractivity contribution in [3.63, 3.8) is 0 Å². The van der Waals surface area contributed by atoms with Crippen molar-refractivity contribution >= 4 is 11.6 Å². The van der Waals surface area contributed by atoms with Crippen LogP contribution in [0.3, 0.4) is 0 Å². The van der Waals surface area contributed by atoms with Crippen LogP contribution in [0, 0.1) is 5.41 Å². The number of rotatable bonds is 1. The van der Waals surface area contributed by atoms with Gasteiger partial charge in [0.25, 0.3) is 0 Å². The van der Waals surface area contributed by atoms with E-state index in [4.69, 9.17) is 17.3 Å². The molecule has 2 aliphatic carbocycles. The van der Waals surface area contributed by atoms with E-state index < -0.39 is 0 Å². The van der Waals surface area contributed by atoms with Gasteiger partial charge in [-0.1, -0.05) is 23.7 Å². The highest BCUT2D eigenvalue weighted by Crippen LogP contribution is 2.66. The first-order valence-electron chi connectivity index (χ1n) is 5.17. The van der Waals surface area contributed by atoms with E-state index in [0.717, 1.165) is 5.02 Å². The second-order valence-corrected chi connectivity index (χ2v) is 5.45. The molecule has 0 amide bonds. The zero-order valence-electron chi connectivity index (χ0n) is 8.09. The van der Waals surface area contributed by atoms with Crippen LogP contribution in [0.4, 0.5) is 0 Å². The molecule has 2 saturated carbocycles. The van der Waals surface area contributed by atoms with Gasteiger partial charge in [-0.05, 0) is 48.8 Å². The molecule has 1 aromatic rings. The molecule has 2 N–H and O–H groups in total. The summed E-state index contributed by atoms with van der Waals surface area (Å²) in [6.45, 7) is 0. The molecule has 0 saturated heterocycles. The third-order valence-corrected chi connectivity index (χ3v) is 4.01. The third kappa shape index (κ3) is 1.19. The van der Waals surface area contributed by atoms with E-state index >= 15 is 0 Å². The highest BCUT2D eigenvalue weighted by atomic mass is 35.5. The molecule has 0 aliphatic heterocycles. The average molecular weight is 208 g/mol. The van der Waals surface area contributed by atoms with Gasteiger partial charge >= 0.3 is 0 Å². The number of hydrogen-bond acceptors (Lipinski definition) is 1. The normalized spacial score (nSPS) is 25.9. The van der Waals surface area contributed by atoms with Crippen LogP contribution >= 0.6 is 11.6 Å². The van der Waals surface area contributed by atoms with Crippen molar-refractivity contribution in [2.24, 2.45) is 11.1 Å². The fourth-order valence-electron chi connectivity index (χ4n) is 2.80. The van der Waals surface area contributed by atoms with Gasteiger partial charge in [-0.2, -0.15) is 0 Å². The van der Waals surface area contributed by atoms with Gasteiger partial charge in [0.2, 0.25) is 0 Å². The van der Waals surface area contributed by atoms with Crippen LogP contribution in [0.5, 0.6) is 0 Å². The second kappa shape index (κ2) is 2.53. The zero-order valence-corrected chi connectivity index (χ0v) is 8.85. The summed E-state index contributed by atoms with van der Waals surface area (Å²) in [5.41, 5.74) is 8.19. The monoisotopic (exact) mass is 207 g/mol. The highest BCUT2D eigenvalue weighted by Gasteiger charge is 2.59. The molecule has 0 aromatic heterocycles. The van der Waals surface area contributed by atoms with E-state index in [2.05, 4.69) is 12.1 Å². The van der Waals surface area contributed by atoms with Crippen molar-refractivity contribution < 1.29 is 0 Å². The zero-order chi connectivity index (χ0) is 9.81. The minimum atomic E-state index is -0.0545. The predicted octanol–water partition coefficient (Wildman–Crippen LogP) is 3.07. The van der Waals surface area contributed by atoms with Crippen LogP contribution in [0.2, 0.25) is 5.02 Å². The lowest BCUT2D eigenvalue weighted by molar-refractivity contribution is 0.125. The smallest absolute Gasteiger partial charge is 0.0420 e. The first-order valence-corrected chi connectivity index (χ1v) is 5.55. The van der Waals surface area contributed by atoms with Crippen LogP contribution in [0.1, 0.15) is 31.2 Å². The first kappa shape index (κ1) is 8.75. The second-order valence-electron chi connectivity index (χ2n) is 5.02. The van der Waals surface area contributed by atoms with E-state index in [1.165, 1.54) is 31.2 Å². The van der Waals surface area contributed by atoms with Crippen molar-refractivity contribution in [3.05, 3.63) is 34.9 Å². The summed E-state index contributed by atoms with van der Waals surface area (Å²) in [4.78, 5) is 0. The Labute approximate surface area is 89.3 Å². The number of halogens is 1. The topological polar surface area (TPSA) is 26.0 Å². The van der Waals surface area contributed by atoms with Gasteiger partial charge in [0.1, 0.15) is 0 Å². The molecule has 3 rings (SSSR count). The van der Waals surface area contributed by atoms with Crippen LogP contribution in [-0.4, -0.2) is 0 Å². The molecule has 0 unspecified atom stereocenters. The first-order chi connectivity index (χ1) is 6.62. The lowest BCUT2D eigenvalue weighted by Gasteiger charge is -2.46. The Morgan fingerprint density at radius 2 is 1.64 bits per heavy atom. The molecule has 2 fully saturated rings. The van der Waals surface area contributed by atoms with E-state index in [9.17, 15) is 0 Å². The molecule has 14 heavy (non-hydrogen) atoms. The minimum Gasteiger partial charge on any atom is -0.321 e. The van der Waals surface area contributed by atoms with Crippen molar-refractivity contribution in [1.29, 1.82) is 0 Å². The third-order valence-electron chi connectivity index (χ3n) is 3.76. The van der Waals surface area contributed by atoms with Crippen molar-refractivity contribution in [2.75, 3.05) is 0 Å². The Morgan fingerprint density at radius 3 is 2.14 bits per heavy atom. The summed E-state index contributed by atoms with van der Waals surface area (Å²) < 4.78 is 0. The Bertz CT molecular complexity index is 356. The summed E-state index contributed by atoms with van der Waals surface area (Å²) in [6.07, 6.45) is 5.11. The summed E-state index contributed by atoms with van der Waals surface area (Å²) >= 11 is 5.85. The molecule has 2 aliphatic rings. The highest BCUT2D eigenvalue weighted by molar-refractivity contribution is 6.30. The number of benzene rings is 1. The fraction of sp³-hybridized carbons (Fsp3) is 0.500. The summed E-state index contributed by atoms with van der Waals surface area (Å²) in [5.74, 6) is 0. The predicted molar refractivity (Wildman–Crippen MR) is 58.2 cm³/mol. The maximum atomic E-state index is 6.35. The van der Waals surface area contributed by atoms with Crippen LogP contribution in [0.15, 0.2) is 24.3 Å². The van der Waals surface area contributed by atoms with Gasteiger partial charge in [0.15, 0.2) is 0 Å². The van der Waals surface area contributed by atoms with Crippen LogP contribution in [-0.2, 0) is 5.54 Å². The van der Waals surface area contributed by atoms with Crippen molar-refractivity contribution in [2.45, 2.75) is 31.2 Å². The maximum absolute atomic E-state index is 6.35. The Kier molecular flexibility index (Phi) is 1.58. The quantitative estimate of drug-likeness (QED) is 0.753. The minimum absolute atomic E-state index is 0.0545. The molecule has 0 atom stereocenters. The Balaban J connectivity index is 1.85. The SMILES string of the molecule is NC1(c2ccc(Cl)cc2)CC2(CC2)C1. The van der Waals surface area contributed by atoms with E-state index in [1.54, 1.807) is 0 Å². The molecule has 2 heteroatoms. The van der Waals surface area contributed by atoms with Gasteiger partial charge in [-0.25, -0.2) is 0 Å². The molecule has 0 bridgehead atoms. The lowest BCUT2D eigenvalue weighted by Crippen LogP contribution is -2.50. The van der Waals surface area contributed by atoms with Crippen LogP contribution < -0.4 is 5.73 Å². The van der Waals surface area contributed by atoms with Crippen molar-refractivity contribution in [1.82, 2.24) is 0 Å².